The minimum atomic E-state index is 0.646. The third-order valence-corrected chi connectivity index (χ3v) is 4.70. The van der Waals surface area contributed by atoms with Crippen LogP contribution in [0.5, 0.6) is 0 Å². The van der Waals surface area contributed by atoms with E-state index in [-0.39, 0.29) is 0 Å². The first-order valence-corrected chi connectivity index (χ1v) is 9.36. The van der Waals surface area contributed by atoms with Gasteiger partial charge in [0.2, 0.25) is 0 Å². The van der Waals surface area contributed by atoms with E-state index in [9.17, 15) is 0 Å². The van der Waals surface area contributed by atoms with Gasteiger partial charge >= 0.3 is 0 Å². The molecular formula is C19H19N5O2S. The average Bonchev–Trinajstić information content (AvgIpc) is 3.40. The monoisotopic (exact) mass is 381 g/mol. The second-order valence-corrected chi connectivity index (χ2v) is 7.09. The molecule has 8 heteroatoms. The molecule has 138 valence electrons. The Bertz CT molecular complexity index is 965. The van der Waals surface area contributed by atoms with Crippen molar-refractivity contribution in [3.05, 3.63) is 78.0 Å². The molecule has 0 aliphatic carbocycles. The minimum Gasteiger partial charge on any atom is -0.465 e. The molecule has 7 nitrogen and oxygen atoms in total. The molecule has 27 heavy (non-hydrogen) atoms. The predicted octanol–water partition coefficient (Wildman–Crippen LogP) is 4.05. The molecule has 0 radical (unpaired) electrons. The second-order valence-electron chi connectivity index (χ2n) is 6.09. The topological polar surface area (TPSA) is 84.0 Å². The molecule has 0 saturated heterocycles. The largest absolute Gasteiger partial charge is 0.465 e. The number of aromatic nitrogens is 4. The molecule has 0 saturated carbocycles. The van der Waals surface area contributed by atoms with E-state index in [4.69, 9.17) is 8.83 Å². The molecule has 4 heterocycles. The summed E-state index contributed by atoms with van der Waals surface area (Å²) in [7, 11) is 0. The highest BCUT2D eigenvalue weighted by Gasteiger charge is 2.14. The number of furan rings is 2. The summed E-state index contributed by atoms with van der Waals surface area (Å²) in [6.07, 6.45) is 3.29. The molecule has 0 aliphatic heterocycles. The summed E-state index contributed by atoms with van der Waals surface area (Å²) in [6, 6.07) is 13.9. The van der Waals surface area contributed by atoms with Crippen LogP contribution in [-0.4, -0.2) is 25.1 Å². The number of nitrogens with one attached hydrogen (secondary N) is 1. The van der Waals surface area contributed by atoms with E-state index in [1.165, 1.54) is 18.1 Å². The summed E-state index contributed by atoms with van der Waals surface area (Å²) < 4.78 is 11.7. The van der Waals surface area contributed by atoms with E-state index in [0.717, 1.165) is 28.1 Å². The summed E-state index contributed by atoms with van der Waals surface area (Å²) in [5.41, 5.74) is 1.00. The number of rotatable bonds is 8. The van der Waals surface area contributed by atoms with E-state index in [2.05, 4.69) is 25.1 Å². The van der Waals surface area contributed by atoms with Gasteiger partial charge in [0.25, 0.3) is 0 Å². The van der Waals surface area contributed by atoms with E-state index < -0.39 is 0 Å². The lowest BCUT2D eigenvalue weighted by atomic mass is 10.3. The Morgan fingerprint density at radius 3 is 2.52 bits per heavy atom. The van der Waals surface area contributed by atoms with Gasteiger partial charge in [-0.25, -0.2) is 4.98 Å². The summed E-state index contributed by atoms with van der Waals surface area (Å²) in [5, 5.41) is 8.13. The van der Waals surface area contributed by atoms with Crippen LogP contribution >= 0.6 is 11.8 Å². The molecule has 0 fully saturated rings. The first-order valence-electron chi connectivity index (χ1n) is 8.54. The zero-order valence-corrected chi connectivity index (χ0v) is 15.6. The third-order valence-electron chi connectivity index (χ3n) is 3.89. The molecule has 0 unspecified atom stereocenters. The molecule has 4 rings (SSSR count). The Labute approximate surface area is 160 Å². The van der Waals surface area contributed by atoms with Gasteiger partial charge in [-0.3, -0.25) is 15.0 Å². The van der Waals surface area contributed by atoms with Crippen LogP contribution in [0.2, 0.25) is 0 Å². The zero-order valence-electron chi connectivity index (χ0n) is 14.8. The van der Waals surface area contributed by atoms with Gasteiger partial charge in [-0.05, 0) is 55.1 Å². The van der Waals surface area contributed by atoms with Crippen LogP contribution in [0.3, 0.4) is 0 Å². The maximum Gasteiger partial charge on any atom is 0.191 e. The van der Waals surface area contributed by atoms with Crippen LogP contribution in [0, 0.1) is 6.92 Å². The van der Waals surface area contributed by atoms with Crippen LogP contribution in [-0.2, 0) is 19.6 Å². The van der Waals surface area contributed by atoms with Gasteiger partial charge in [0.1, 0.15) is 23.6 Å². The molecule has 1 N–H and O–H groups in total. The fraction of sp³-hybridized carbons (Fsp3) is 0.211. The van der Waals surface area contributed by atoms with Crippen molar-refractivity contribution in [2.75, 3.05) is 0 Å². The van der Waals surface area contributed by atoms with Crippen LogP contribution in [0.1, 0.15) is 23.0 Å². The smallest absolute Gasteiger partial charge is 0.191 e. The molecule has 4 aromatic rings. The van der Waals surface area contributed by atoms with Crippen LogP contribution < -0.4 is 0 Å². The number of H-pyrrole nitrogens is 1. The van der Waals surface area contributed by atoms with Crippen molar-refractivity contribution < 1.29 is 8.83 Å². The second kappa shape index (κ2) is 8.24. The molecular weight excluding hydrogens is 362 g/mol. The van der Waals surface area contributed by atoms with Crippen molar-refractivity contribution in [3.63, 3.8) is 0 Å². The zero-order chi connectivity index (χ0) is 18.5. The van der Waals surface area contributed by atoms with Crippen molar-refractivity contribution in [2.45, 2.75) is 36.8 Å². The molecule has 0 spiro atoms. The number of hydrogen-bond acceptors (Lipinski definition) is 7. The summed E-state index contributed by atoms with van der Waals surface area (Å²) in [4.78, 5) is 10.8. The number of pyridine rings is 1. The Kier molecular flexibility index (Phi) is 5.36. The normalized spacial score (nSPS) is 11.3. The first kappa shape index (κ1) is 17.6. The quantitative estimate of drug-likeness (QED) is 0.493. The van der Waals surface area contributed by atoms with Crippen molar-refractivity contribution >= 4 is 11.8 Å². The third kappa shape index (κ3) is 4.87. The number of aryl methyl sites for hydroxylation is 1. The van der Waals surface area contributed by atoms with Crippen molar-refractivity contribution in [3.8, 4) is 0 Å². The highest BCUT2D eigenvalue weighted by molar-refractivity contribution is 7.99. The van der Waals surface area contributed by atoms with Crippen LogP contribution in [0.25, 0.3) is 0 Å². The first-order chi connectivity index (χ1) is 13.2. The van der Waals surface area contributed by atoms with E-state index in [1.54, 1.807) is 0 Å². The Hall–Kier alpha value is -2.84. The summed E-state index contributed by atoms with van der Waals surface area (Å²) in [5.74, 6) is 2.70. The molecule has 0 amide bonds. The van der Waals surface area contributed by atoms with Gasteiger partial charge in [-0.1, -0.05) is 6.07 Å². The average molecular weight is 381 g/mol. The summed E-state index contributed by atoms with van der Waals surface area (Å²) in [6.45, 7) is 3.97. The number of aromatic amines is 1. The lowest BCUT2D eigenvalue weighted by molar-refractivity contribution is 0.202. The fourth-order valence-corrected chi connectivity index (χ4v) is 3.41. The Balaban J connectivity index is 1.47. The van der Waals surface area contributed by atoms with Gasteiger partial charge in [0.05, 0.1) is 18.8 Å². The highest BCUT2D eigenvalue weighted by atomic mass is 32.2. The predicted molar refractivity (Wildman–Crippen MR) is 99.8 cm³/mol. The van der Waals surface area contributed by atoms with Crippen molar-refractivity contribution in [1.82, 2.24) is 25.1 Å². The van der Waals surface area contributed by atoms with E-state index >= 15 is 0 Å². The standard InChI is InChI=1S/C19H19N5O2S/c1-14-5-6-16(25-14)11-24(10-15-4-2-3-9-20-15)12-17-7-8-18(26-17)27-19-21-13-22-23-19/h2-9,13H,10-12H2,1H3,(H,21,22,23). The Morgan fingerprint density at radius 2 is 1.81 bits per heavy atom. The van der Waals surface area contributed by atoms with Gasteiger partial charge in [-0.2, -0.15) is 5.10 Å². The van der Waals surface area contributed by atoms with Crippen LogP contribution in [0.15, 0.2) is 74.1 Å². The molecule has 0 aromatic carbocycles. The van der Waals surface area contributed by atoms with Gasteiger partial charge in [0.15, 0.2) is 10.2 Å². The fourth-order valence-electron chi connectivity index (χ4n) is 2.74. The maximum atomic E-state index is 5.95. The van der Waals surface area contributed by atoms with E-state index in [1.807, 2.05) is 55.6 Å². The van der Waals surface area contributed by atoms with Gasteiger partial charge < -0.3 is 8.83 Å². The van der Waals surface area contributed by atoms with Crippen LogP contribution in [0.4, 0.5) is 0 Å². The molecule has 0 atom stereocenters. The lowest BCUT2D eigenvalue weighted by Gasteiger charge is -2.19. The minimum absolute atomic E-state index is 0.646. The molecule has 0 aliphatic rings. The van der Waals surface area contributed by atoms with Crippen molar-refractivity contribution in [2.24, 2.45) is 0 Å². The van der Waals surface area contributed by atoms with E-state index in [0.29, 0.717) is 24.8 Å². The Morgan fingerprint density at radius 1 is 0.963 bits per heavy atom. The summed E-state index contributed by atoms with van der Waals surface area (Å²) >= 11 is 1.41. The lowest BCUT2D eigenvalue weighted by Crippen LogP contribution is -2.22. The van der Waals surface area contributed by atoms with Gasteiger partial charge in [0, 0.05) is 12.7 Å². The SMILES string of the molecule is Cc1ccc(CN(Cc2ccccn2)Cc2ccc(Sc3ncn[nH]3)o2)o1. The maximum absolute atomic E-state index is 5.95. The number of hydrogen-bond donors (Lipinski definition) is 1. The number of nitrogens with zero attached hydrogens (tertiary/aromatic N) is 4. The van der Waals surface area contributed by atoms with Gasteiger partial charge in [-0.15, -0.1) is 0 Å². The highest BCUT2D eigenvalue weighted by Crippen LogP contribution is 2.27. The van der Waals surface area contributed by atoms with Crippen molar-refractivity contribution in [1.29, 1.82) is 0 Å². The molecule has 4 aromatic heterocycles. The molecule has 0 bridgehead atoms.